The minimum Gasteiger partial charge on any atom is -0.451 e. The zero-order valence-electron chi connectivity index (χ0n) is 11.5. The van der Waals surface area contributed by atoms with Crippen LogP contribution >= 0.6 is 0 Å². The number of carbonyl (C=O) groups excluding carboxylic acids is 1. The van der Waals surface area contributed by atoms with Crippen LogP contribution in [0.5, 0.6) is 0 Å². The van der Waals surface area contributed by atoms with Crippen molar-refractivity contribution in [1.29, 1.82) is 0 Å². The van der Waals surface area contributed by atoms with E-state index in [-0.39, 0.29) is 11.6 Å². The monoisotopic (exact) mass is 254 g/mol. The number of hydrogen-bond acceptors (Lipinski definition) is 3. The van der Waals surface area contributed by atoms with Crippen LogP contribution in [0.4, 0.5) is 0 Å². The maximum atomic E-state index is 11.0. The summed E-state index contributed by atoms with van der Waals surface area (Å²) in [6.07, 6.45) is 7.70. The Morgan fingerprint density at radius 2 is 1.41 bits per heavy atom. The van der Waals surface area contributed by atoms with E-state index in [1.807, 2.05) is 38.2 Å². The van der Waals surface area contributed by atoms with Crippen molar-refractivity contribution in [2.24, 2.45) is 0 Å². The molecule has 0 saturated heterocycles. The second kappa shape index (κ2) is 4.42. The Hall–Kier alpha value is -0.873. The zero-order chi connectivity index (χ0) is 13.3. The second-order valence-electron chi connectivity index (χ2n) is 5.84. The summed E-state index contributed by atoms with van der Waals surface area (Å²) >= 11 is 0. The Labute approximate surface area is 105 Å². The fourth-order valence-corrected chi connectivity index (χ4v) is 3.33. The van der Waals surface area contributed by atoms with Crippen LogP contribution < -0.4 is 0 Å². The van der Waals surface area contributed by atoms with Gasteiger partial charge in [0, 0.05) is 6.92 Å². The SMILES string of the molecule is CC(=O)OC1(C)C=CC(C)(O[Si](C)(C)C)C=C1. The van der Waals surface area contributed by atoms with Gasteiger partial charge < -0.3 is 9.16 Å². The summed E-state index contributed by atoms with van der Waals surface area (Å²) in [5, 5.41) is 0. The highest BCUT2D eigenvalue weighted by Crippen LogP contribution is 2.29. The van der Waals surface area contributed by atoms with Crippen LogP contribution in [0.25, 0.3) is 0 Å². The largest absolute Gasteiger partial charge is 0.451 e. The number of carbonyl (C=O) groups is 1. The van der Waals surface area contributed by atoms with Gasteiger partial charge >= 0.3 is 5.97 Å². The van der Waals surface area contributed by atoms with Gasteiger partial charge in [-0.15, -0.1) is 0 Å². The van der Waals surface area contributed by atoms with E-state index in [0.29, 0.717) is 0 Å². The van der Waals surface area contributed by atoms with Gasteiger partial charge in [0.15, 0.2) is 8.32 Å². The maximum Gasteiger partial charge on any atom is 0.303 e. The first-order valence-corrected chi connectivity index (χ1v) is 9.25. The molecule has 0 N–H and O–H groups in total. The first-order chi connectivity index (χ1) is 7.54. The maximum absolute atomic E-state index is 11.0. The normalized spacial score (nSPS) is 32.6. The molecule has 0 spiro atoms. The summed E-state index contributed by atoms with van der Waals surface area (Å²) in [6.45, 7) is 11.7. The first kappa shape index (κ1) is 14.2. The van der Waals surface area contributed by atoms with E-state index >= 15 is 0 Å². The Morgan fingerprint density at radius 1 is 1.00 bits per heavy atom. The molecule has 0 fully saturated rings. The van der Waals surface area contributed by atoms with Crippen LogP contribution in [-0.4, -0.2) is 25.5 Å². The third kappa shape index (κ3) is 4.48. The molecule has 3 nitrogen and oxygen atoms in total. The van der Waals surface area contributed by atoms with Gasteiger partial charge in [-0.2, -0.15) is 0 Å². The van der Waals surface area contributed by atoms with Crippen molar-refractivity contribution in [3.63, 3.8) is 0 Å². The number of esters is 1. The number of rotatable bonds is 3. The van der Waals surface area contributed by atoms with Gasteiger partial charge in [0.05, 0.1) is 5.60 Å². The van der Waals surface area contributed by atoms with Gasteiger partial charge in [-0.25, -0.2) is 0 Å². The fraction of sp³-hybridized carbons (Fsp3) is 0.615. The molecule has 0 radical (unpaired) electrons. The van der Waals surface area contributed by atoms with Crippen LogP contribution in [0.3, 0.4) is 0 Å². The van der Waals surface area contributed by atoms with Crippen molar-refractivity contribution in [2.45, 2.75) is 51.6 Å². The summed E-state index contributed by atoms with van der Waals surface area (Å²) in [4.78, 5) is 11.0. The van der Waals surface area contributed by atoms with E-state index in [1.54, 1.807) is 0 Å². The third-order valence-corrected chi connectivity index (χ3v) is 3.43. The van der Waals surface area contributed by atoms with Crippen molar-refractivity contribution >= 4 is 14.3 Å². The molecular weight excluding hydrogens is 232 g/mol. The Balaban J connectivity index is 2.79. The average molecular weight is 254 g/mol. The van der Waals surface area contributed by atoms with Crippen molar-refractivity contribution < 1.29 is 14.0 Å². The average Bonchev–Trinajstić information content (AvgIpc) is 2.07. The fourth-order valence-electron chi connectivity index (χ4n) is 1.88. The highest BCUT2D eigenvalue weighted by atomic mass is 28.4. The molecule has 0 atom stereocenters. The topological polar surface area (TPSA) is 35.5 Å². The third-order valence-electron chi connectivity index (χ3n) is 2.38. The molecule has 96 valence electrons. The summed E-state index contributed by atoms with van der Waals surface area (Å²) in [7, 11) is -1.61. The lowest BCUT2D eigenvalue weighted by Crippen LogP contribution is -2.41. The van der Waals surface area contributed by atoms with Crippen molar-refractivity contribution in [3.8, 4) is 0 Å². The molecule has 1 rings (SSSR count). The van der Waals surface area contributed by atoms with E-state index < -0.39 is 13.9 Å². The summed E-state index contributed by atoms with van der Waals surface area (Å²) in [5.41, 5.74) is -1.03. The molecule has 1 aliphatic carbocycles. The molecular formula is C13H22O3Si. The molecule has 17 heavy (non-hydrogen) atoms. The van der Waals surface area contributed by atoms with Crippen LogP contribution in [0.15, 0.2) is 24.3 Å². The van der Waals surface area contributed by atoms with E-state index in [4.69, 9.17) is 9.16 Å². The van der Waals surface area contributed by atoms with Crippen LogP contribution in [0, 0.1) is 0 Å². The molecule has 0 aromatic heterocycles. The lowest BCUT2D eigenvalue weighted by atomic mass is 9.92. The Morgan fingerprint density at radius 3 is 1.76 bits per heavy atom. The smallest absolute Gasteiger partial charge is 0.303 e. The lowest BCUT2D eigenvalue weighted by Gasteiger charge is -2.36. The highest BCUT2D eigenvalue weighted by molar-refractivity contribution is 6.69. The van der Waals surface area contributed by atoms with Gasteiger partial charge in [0.1, 0.15) is 5.60 Å². The molecule has 1 aliphatic rings. The molecule has 0 aromatic carbocycles. The first-order valence-electron chi connectivity index (χ1n) is 5.84. The van der Waals surface area contributed by atoms with Crippen LogP contribution in [-0.2, 0) is 14.0 Å². The standard InChI is InChI=1S/C13H22O3Si/c1-11(14)15-12(2)7-9-13(3,10-8-12)16-17(4,5)6/h7-10H,1-6H3. The van der Waals surface area contributed by atoms with E-state index in [1.165, 1.54) is 6.92 Å². The van der Waals surface area contributed by atoms with Gasteiger partial charge in [-0.05, 0) is 45.6 Å². The Bertz CT molecular complexity index is 349. The molecule has 0 unspecified atom stereocenters. The van der Waals surface area contributed by atoms with E-state index in [2.05, 4.69) is 19.6 Å². The van der Waals surface area contributed by atoms with E-state index in [0.717, 1.165) is 0 Å². The minimum atomic E-state index is -1.61. The van der Waals surface area contributed by atoms with Gasteiger partial charge in [0.2, 0.25) is 0 Å². The molecule has 0 amide bonds. The van der Waals surface area contributed by atoms with Crippen molar-refractivity contribution in [1.82, 2.24) is 0 Å². The molecule has 4 heteroatoms. The molecule has 0 saturated carbocycles. The highest BCUT2D eigenvalue weighted by Gasteiger charge is 2.33. The van der Waals surface area contributed by atoms with Gasteiger partial charge in [-0.3, -0.25) is 4.79 Å². The summed E-state index contributed by atoms with van der Waals surface area (Å²) in [5.74, 6) is -0.281. The minimum absolute atomic E-state index is 0.281. The number of hydrogen-bond donors (Lipinski definition) is 0. The van der Waals surface area contributed by atoms with Gasteiger partial charge in [0.25, 0.3) is 0 Å². The van der Waals surface area contributed by atoms with E-state index in [9.17, 15) is 4.79 Å². The Kier molecular flexibility index (Phi) is 3.69. The number of ether oxygens (including phenoxy) is 1. The molecule has 0 heterocycles. The summed E-state index contributed by atoms with van der Waals surface area (Å²) in [6, 6.07) is 0. The molecule has 0 aliphatic heterocycles. The molecule has 0 bridgehead atoms. The molecule has 0 aromatic rings. The lowest BCUT2D eigenvalue weighted by molar-refractivity contribution is -0.147. The predicted octanol–water partition coefficient (Wildman–Crippen LogP) is 3.04. The quantitative estimate of drug-likeness (QED) is 0.441. The van der Waals surface area contributed by atoms with Crippen LogP contribution in [0.1, 0.15) is 20.8 Å². The van der Waals surface area contributed by atoms with Crippen molar-refractivity contribution in [3.05, 3.63) is 24.3 Å². The summed E-state index contributed by atoms with van der Waals surface area (Å²) < 4.78 is 11.3. The van der Waals surface area contributed by atoms with Crippen LogP contribution in [0.2, 0.25) is 19.6 Å². The van der Waals surface area contributed by atoms with Gasteiger partial charge in [-0.1, -0.05) is 12.2 Å². The second-order valence-corrected chi connectivity index (χ2v) is 10.3. The van der Waals surface area contributed by atoms with Crippen molar-refractivity contribution in [2.75, 3.05) is 0 Å². The zero-order valence-corrected chi connectivity index (χ0v) is 12.5. The predicted molar refractivity (Wildman–Crippen MR) is 71.3 cm³/mol.